The molecule has 0 unspecified atom stereocenters. The molecule has 0 fully saturated rings. The lowest BCUT2D eigenvalue weighted by atomic mass is 10.1. The average molecular weight is 221 g/mol. The SMILES string of the molecule is CC(C)c1cn[nH]c1.CC(C)c1cnoc1. The van der Waals surface area contributed by atoms with E-state index in [1.807, 2.05) is 12.4 Å². The number of H-pyrrole nitrogens is 1. The fourth-order valence-electron chi connectivity index (χ4n) is 1.07. The number of nitrogens with one attached hydrogen (secondary N) is 1. The van der Waals surface area contributed by atoms with Gasteiger partial charge in [-0.3, -0.25) is 5.10 Å². The molecule has 0 spiro atoms. The molecule has 2 rings (SSSR count). The highest BCUT2D eigenvalue weighted by atomic mass is 16.5. The summed E-state index contributed by atoms with van der Waals surface area (Å²) in [5, 5.41) is 10.1. The third-order valence-electron chi connectivity index (χ3n) is 2.30. The monoisotopic (exact) mass is 221 g/mol. The molecule has 0 atom stereocenters. The van der Waals surface area contributed by atoms with Crippen molar-refractivity contribution in [2.75, 3.05) is 0 Å². The summed E-state index contributed by atoms with van der Waals surface area (Å²) in [5.74, 6) is 1.12. The second-order valence-electron chi connectivity index (χ2n) is 4.30. The fourth-order valence-corrected chi connectivity index (χ4v) is 1.07. The highest BCUT2D eigenvalue weighted by Gasteiger charge is 1.98. The summed E-state index contributed by atoms with van der Waals surface area (Å²) in [6.07, 6.45) is 7.19. The van der Waals surface area contributed by atoms with Crippen molar-refractivity contribution in [3.8, 4) is 0 Å². The zero-order valence-corrected chi connectivity index (χ0v) is 10.3. The molecule has 0 aromatic carbocycles. The summed E-state index contributed by atoms with van der Waals surface area (Å²) >= 11 is 0. The van der Waals surface area contributed by atoms with Crippen LogP contribution in [0.25, 0.3) is 0 Å². The standard InChI is InChI=1S/C6H10N2.C6H9NO/c2*1-5(2)6-3-7-8-4-6/h3-5H,1-2H3,(H,7,8);3-5H,1-2H3. The molecule has 2 heterocycles. The Morgan fingerprint density at radius 3 is 2.00 bits per heavy atom. The summed E-state index contributed by atoms with van der Waals surface area (Å²) in [6.45, 7) is 8.49. The van der Waals surface area contributed by atoms with E-state index >= 15 is 0 Å². The summed E-state index contributed by atoms with van der Waals surface area (Å²) in [7, 11) is 0. The van der Waals surface area contributed by atoms with Crippen molar-refractivity contribution in [2.45, 2.75) is 39.5 Å². The number of nitrogens with zero attached hydrogens (tertiary/aromatic N) is 2. The summed E-state index contributed by atoms with van der Waals surface area (Å²) in [5.41, 5.74) is 2.43. The van der Waals surface area contributed by atoms with Gasteiger partial charge in [0.05, 0.1) is 12.4 Å². The topological polar surface area (TPSA) is 54.7 Å². The maximum Gasteiger partial charge on any atom is 0.127 e. The van der Waals surface area contributed by atoms with Crippen LogP contribution in [0.1, 0.15) is 50.7 Å². The van der Waals surface area contributed by atoms with E-state index in [4.69, 9.17) is 0 Å². The molecule has 0 radical (unpaired) electrons. The van der Waals surface area contributed by atoms with Gasteiger partial charge in [0.1, 0.15) is 6.26 Å². The van der Waals surface area contributed by atoms with Gasteiger partial charge in [-0.05, 0) is 17.4 Å². The fraction of sp³-hybridized carbons (Fsp3) is 0.500. The molecule has 16 heavy (non-hydrogen) atoms. The van der Waals surface area contributed by atoms with Crippen LogP contribution in [0.3, 0.4) is 0 Å². The zero-order chi connectivity index (χ0) is 12.0. The van der Waals surface area contributed by atoms with Gasteiger partial charge >= 0.3 is 0 Å². The van der Waals surface area contributed by atoms with Crippen molar-refractivity contribution in [1.82, 2.24) is 15.4 Å². The summed E-state index contributed by atoms with van der Waals surface area (Å²) in [6, 6.07) is 0. The molecule has 0 aliphatic carbocycles. The first-order chi connectivity index (χ1) is 7.61. The molecule has 0 amide bonds. The lowest BCUT2D eigenvalue weighted by Gasteiger charge is -1.94. The van der Waals surface area contributed by atoms with Crippen molar-refractivity contribution >= 4 is 0 Å². The van der Waals surface area contributed by atoms with Crippen LogP contribution in [-0.2, 0) is 0 Å². The Bertz CT molecular complexity index is 325. The van der Waals surface area contributed by atoms with Gasteiger partial charge in [-0.2, -0.15) is 5.10 Å². The van der Waals surface area contributed by atoms with E-state index < -0.39 is 0 Å². The van der Waals surface area contributed by atoms with Gasteiger partial charge in [-0.15, -0.1) is 0 Å². The predicted molar refractivity (Wildman–Crippen MR) is 63.3 cm³/mol. The lowest BCUT2D eigenvalue weighted by Crippen LogP contribution is -1.80. The van der Waals surface area contributed by atoms with Crippen LogP contribution in [0.15, 0.2) is 29.4 Å². The van der Waals surface area contributed by atoms with E-state index in [9.17, 15) is 0 Å². The van der Waals surface area contributed by atoms with E-state index in [2.05, 4.69) is 47.6 Å². The number of hydrogen-bond acceptors (Lipinski definition) is 3. The molecule has 0 saturated carbocycles. The maximum absolute atomic E-state index is 4.63. The Kier molecular flexibility index (Phi) is 4.76. The molecule has 0 bridgehead atoms. The minimum Gasteiger partial charge on any atom is -0.364 e. The minimum absolute atomic E-state index is 0.529. The molecular formula is C12H19N3O. The first kappa shape index (κ1) is 12.5. The first-order valence-electron chi connectivity index (χ1n) is 5.49. The van der Waals surface area contributed by atoms with Gasteiger partial charge in [-0.25, -0.2) is 0 Å². The van der Waals surface area contributed by atoms with Gasteiger partial charge in [0.15, 0.2) is 0 Å². The Morgan fingerprint density at radius 1 is 1.06 bits per heavy atom. The van der Waals surface area contributed by atoms with Crippen molar-refractivity contribution < 1.29 is 4.52 Å². The maximum atomic E-state index is 4.63. The number of hydrogen-bond donors (Lipinski definition) is 1. The van der Waals surface area contributed by atoms with Crippen molar-refractivity contribution in [3.05, 3.63) is 36.0 Å². The molecule has 4 heteroatoms. The first-order valence-corrected chi connectivity index (χ1v) is 5.49. The van der Waals surface area contributed by atoms with Gasteiger partial charge in [-0.1, -0.05) is 32.9 Å². The van der Waals surface area contributed by atoms with E-state index in [0.29, 0.717) is 11.8 Å². The molecule has 4 nitrogen and oxygen atoms in total. The largest absolute Gasteiger partial charge is 0.364 e. The molecule has 2 aromatic heterocycles. The predicted octanol–water partition coefficient (Wildman–Crippen LogP) is 3.33. The van der Waals surface area contributed by atoms with Crippen LogP contribution < -0.4 is 0 Å². The molecule has 0 saturated heterocycles. The van der Waals surface area contributed by atoms with E-state index in [1.54, 1.807) is 12.5 Å². The van der Waals surface area contributed by atoms with Gasteiger partial charge < -0.3 is 4.52 Å². The lowest BCUT2D eigenvalue weighted by molar-refractivity contribution is 0.418. The van der Waals surface area contributed by atoms with Gasteiger partial charge in [0.25, 0.3) is 0 Å². The third kappa shape index (κ3) is 3.88. The van der Waals surface area contributed by atoms with E-state index in [-0.39, 0.29) is 0 Å². The van der Waals surface area contributed by atoms with Crippen LogP contribution in [0.5, 0.6) is 0 Å². The molecule has 88 valence electrons. The molecule has 0 aliphatic heterocycles. The Morgan fingerprint density at radius 2 is 1.75 bits per heavy atom. The van der Waals surface area contributed by atoms with Gasteiger partial charge in [0, 0.05) is 11.8 Å². The van der Waals surface area contributed by atoms with Crippen molar-refractivity contribution in [1.29, 1.82) is 0 Å². The molecular weight excluding hydrogens is 202 g/mol. The van der Waals surface area contributed by atoms with Crippen molar-refractivity contribution in [2.24, 2.45) is 0 Å². The van der Waals surface area contributed by atoms with E-state index in [0.717, 1.165) is 5.56 Å². The smallest absolute Gasteiger partial charge is 0.127 e. The normalized spacial score (nSPS) is 10.4. The zero-order valence-electron chi connectivity index (χ0n) is 10.3. The highest BCUT2D eigenvalue weighted by Crippen LogP contribution is 2.11. The van der Waals surface area contributed by atoms with Crippen LogP contribution in [0.4, 0.5) is 0 Å². The second kappa shape index (κ2) is 6.10. The number of aromatic amines is 1. The quantitative estimate of drug-likeness (QED) is 0.846. The number of rotatable bonds is 2. The second-order valence-corrected chi connectivity index (χ2v) is 4.30. The minimum atomic E-state index is 0.529. The van der Waals surface area contributed by atoms with Gasteiger partial charge in [0.2, 0.25) is 0 Å². The van der Waals surface area contributed by atoms with Crippen molar-refractivity contribution in [3.63, 3.8) is 0 Å². The molecule has 0 aliphatic rings. The Hall–Kier alpha value is -1.58. The molecule has 2 aromatic rings. The average Bonchev–Trinajstić information content (AvgIpc) is 2.93. The third-order valence-corrected chi connectivity index (χ3v) is 2.30. The van der Waals surface area contributed by atoms with Crippen LogP contribution in [-0.4, -0.2) is 15.4 Å². The Balaban J connectivity index is 0.000000160. The van der Waals surface area contributed by atoms with Crippen LogP contribution >= 0.6 is 0 Å². The Labute approximate surface area is 96.0 Å². The van der Waals surface area contributed by atoms with Crippen LogP contribution in [0.2, 0.25) is 0 Å². The van der Waals surface area contributed by atoms with Crippen LogP contribution in [0, 0.1) is 0 Å². The highest BCUT2D eigenvalue weighted by molar-refractivity contribution is 5.07. The molecule has 1 N–H and O–H groups in total. The number of aromatic nitrogens is 3. The summed E-state index contributed by atoms with van der Waals surface area (Å²) in [4.78, 5) is 0. The van der Waals surface area contributed by atoms with E-state index in [1.165, 1.54) is 5.56 Å². The summed E-state index contributed by atoms with van der Waals surface area (Å²) < 4.78 is 4.63.